The molecule has 1 aliphatic heterocycles. The monoisotopic (exact) mass is 423 g/mol. The number of hydrogen-bond donors (Lipinski definition) is 1. The third-order valence-corrected chi connectivity index (χ3v) is 6.52. The maximum Gasteiger partial charge on any atom is 0.253 e. The van der Waals surface area contributed by atoms with Crippen LogP contribution >= 0.6 is 11.3 Å². The van der Waals surface area contributed by atoms with Gasteiger partial charge < -0.3 is 14.6 Å². The van der Waals surface area contributed by atoms with Gasteiger partial charge in [-0.05, 0) is 32.3 Å². The lowest BCUT2D eigenvalue weighted by molar-refractivity contribution is 0.0941. The van der Waals surface area contributed by atoms with Crippen molar-refractivity contribution in [3.05, 3.63) is 53.0 Å². The van der Waals surface area contributed by atoms with E-state index >= 15 is 0 Å². The number of hydrogen-bond acceptors (Lipinski definition) is 4. The Balaban J connectivity index is 1.67. The Morgan fingerprint density at radius 2 is 2.17 bits per heavy atom. The number of carbonyl (C=O) groups excluding carboxylic acids is 1. The van der Waals surface area contributed by atoms with Gasteiger partial charge in [-0.15, -0.1) is 11.3 Å². The topological polar surface area (TPSA) is 56.2 Å². The Hall–Kier alpha value is -2.44. The van der Waals surface area contributed by atoms with E-state index < -0.39 is 0 Å². The van der Waals surface area contributed by atoms with Crippen LogP contribution in [-0.2, 0) is 11.3 Å². The van der Waals surface area contributed by atoms with Crippen LogP contribution in [0.25, 0.3) is 22.0 Å². The maximum atomic E-state index is 12.8. The minimum absolute atomic E-state index is 0.00759. The van der Waals surface area contributed by atoms with Crippen molar-refractivity contribution in [3.8, 4) is 22.0 Å². The third kappa shape index (κ3) is 4.50. The average Bonchev–Trinajstić information content (AvgIpc) is 3.51. The molecular weight excluding hydrogens is 394 g/mol. The fourth-order valence-electron chi connectivity index (χ4n) is 3.89. The Labute approximate surface area is 182 Å². The Morgan fingerprint density at radius 1 is 1.33 bits per heavy atom. The maximum absolute atomic E-state index is 12.8. The summed E-state index contributed by atoms with van der Waals surface area (Å²) in [4.78, 5) is 17.7. The number of amides is 1. The van der Waals surface area contributed by atoms with Crippen LogP contribution in [0.4, 0.5) is 0 Å². The lowest BCUT2D eigenvalue weighted by Gasteiger charge is -2.15. The molecule has 5 nitrogen and oxygen atoms in total. The number of thiazole rings is 1. The Bertz CT molecular complexity index is 987. The van der Waals surface area contributed by atoms with Gasteiger partial charge in [-0.25, -0.2) is 4.98 Å². The molecule has 0 spiro atoms. The molecule has 0 radical (unpaired) electrons. The van der Waals surface area contributed by atoms with Gasteiger partial charge in [-0.3, -0.25) is 4.79 Å². The summed E-state index contributed by atoms with van der Waals surface area (Å²) in [6, 6.07) is 12.2. The molecule has 1 N–H and O–H groups in total. The summed E-state index contributed by atoms with van der Waals surface area (Å²) >= 11 is 1.63. The van der Waals surface area contributed by atoms with Crippen molar-refractivity contribution in [1.82, 2.24) is 14.9 Å². The molecule has 1 aliphatic rings. The van der Waals surface area contributed by atoms with Crippen molar-refractivity contribution in [2.75, 3.05) is 13.2 Å². The highest BCUT2D eigenvalue weighted by molar-refractivity contribution is 7.13. The van der Waals surface area contributed by atoms with Crippen molar-refractivity contribution in [1.29, 1.82) is 0 Å². The molecule has 0 bridgehead atoms. The standard InChI is InChI=1S/C24H29N3O2S/c1-3-4-12-25-23(28)20-14-22(27(17(20)2)15-19-11-8-13-29-19)21-16-30-24(26-21)18-9-6-5-7-10-18/h5-7,9-10,14,16,19H,3-4,8,11-13,15H2,1-2H3,(H,25,28). The van der Waals surface area contributed by atoms with Gasteiger partial charge in [-0.2, -0.15) is 0 Å². The van der Waals surface area contributed by atoms with Crippen molar-refractivity contribution in [2.24, 2.45) is 0 Å². The molecule has 3 heterocycles. The summed E-state index contributed by atoms with van der Waals surface area (Å²) in [7, 11) is 0. The van der Waals surface area contributed by atoms with Crippen LogP contribution in [0.15, 0.2) is 41.8 Å². The summed E-state index contributed by atoms with van der Waals surface area (Å²) in [5.41, 5.74) is 4.71. The molecular formula is C24H29N3O2S. The third-order valence-electron chi connectivity index (χ3n) is 5.62. The Kier molecular flexibility index (Phi) is 6.65. The summed E-state index contributed by atoms with van der Waals surface area (Å²) in [6.07, 6.45) is 4.39. The van der Waals surface area contributed by atoms with Gasteiger partial charge in [0.15, 0.2) is 0 Å². The number of aromatic nitrogens is 2. The van der Waals surface area contributed by atoms with E-state index in [-0.39, 0.29) is 12.0 Å². The van der Waals surface area contributed by atoms with Crippen LogP contribution in [0.3, 0.4) is 0 Å². The largest absolute Gasteiger partial charge is 0.376 e. The first-order valence-electron chi connectivity index (χ1n) is 10.8. The zero-order valence-electron chi connectivity index (χ0n) is 17.7. The fourth-order valence-corrected chi connectivity index (χ4v) is 4.71. The first-order chi connectivity index (χ1) is 14.7. The lowest BCUT2D eigenvalue weighted by Crippen LogP contribution is -2.25. The second kappa shape index (κ2) is 9.58. The SMILES string of the molecule is CCCCNC(=O)c1cc(-c2csc(-c3ccccc3)n2)n(CC2CCCO2)c1C. The predicted molar refractivity (Wildman–Crippen MR) is 122 cm³/mol. The number of nitrogens with one attached hydrogen (secondary N) is 1. The average molecular weight is 424 g/mol. The van der Waals surface area contributed by atoms with Crippen LogP contribution in [0.1, 0.15) is 48.7 Å². The molecule has 6 heteroatoms. The summed E-state index contributed by atoms with van der Waals surface area (Å²) in [6.45, 7) is 6.43. The van der Waals surface area contributed by atoms with E-state index in [1.54, 1.807) is 11.3 Å². The van der Waals surface area contributed by atoms with Crippen LogP contribution in [0, 0.1) is 6.92 Å². The van der Waals surface area contributed by atoms with Gasteiger partial charge in [0, 0.05) is 36.3 Å². The molecule has 30 heavy (non-hydrogen) atoms. The molecule has 0 saturated carbocycles. The van der Waals surface area contributed by atoms with Crippen molar-refractivity contribution in [2.45, 2.75) is 52.2 Å². The Morgan fingerprint density at radius 3 is 2.90 bits per heavy atom. The molecule has 158 valence electrons. The summed E-state index contributed by atoms with van der Waals surface area (Å²) in [5, 5.41) is 6.13. The molecule has 1 fully saturated rings. The number of benzene rings is 1. The van der Waals surface area contributed by atoms with E-state index in [1.165, 1.54) is 0 Å². The number of rotatable bonds is 8. The van der Waals surface area contributed by atoms with Crippen molar-refractivity contribution < 1.29 is 9.53 Å². The first kappa shape index (κ1) is 20.8. The van der Waals surface area contributed by atoms with Gasteiger partial charge in [0.25, 0.3) is 5.91 Å². The minimum atomic E-state index is -0.00759. The van der Waals surface area contributed by atoms with Crippen LogP contribution in [-0.4, -0.2) is 34.7 Å². The number of nitrogens with zero attached hydrogens (tertiary/aromatic N) is 2. The van der Waals surface area contributed by atoms with Gasteiger partial charge in [0.2, 0.25) is 0 Å². The van der Waals surface area contributed by atoms with Gasteiger partial charge in [0.1, 0.15) is 5.01 Å². The zero-order valence-corrected chi connectivity index (χ0v) is 18.5. The second-order valence-corrected chi connectivity index (χ2v) is 8.65. The van der Waals surface area contributed by atoms with E-state index in [1.807, 2.05) is 31.2 Å². The number of unbranched alkanes of at least 4 members (excludes halogenated alkanes) is 1. The second-order valence-electron chi connectivity index (χ2n) is 7.79. The summed E-state index contributed by atoms with van der Waals surface area (Å²) < 4.78 is 8.10. The minimum Gasteiger partial charge on any atom is -0.376 e. The van der Waals surface area contributed by atoms with Crippen LogP contribution < -0.4 is 5.32 Å². The number of ether oxygens (including phenoxy) is 1. The van der Waals surface area contributed by atoms with E-state index in [2.05, 4.69) is 34.3 Å². The molecule has 1 unspecified atom stereocenters. The van der Waals surface area contributed by atoms with Crippen LogP contribution in [0.2, 0.25) is 0 Å². The molecule has 1 amide bonds. The van der Waals surface area contributed by atoms with E-state index in [0.717, 1.165) is 72.1 Å². The highest BCUT2D eigenvalue weighted by Gasteiger charge is 2.24. The number of carbonyl (C=O) groups is 1. The molecule has 3 aromatic rings. The lowest BCUT2D eigenvalue weighted by atomic mass is 10.2. The van der Waals surface area contributed by atoms with Crippen LogP contribution in [0.5, 0.6) is 0 Å². The normalized spacial score (nSPS) is 16.1. The van der Waals surface area contributed by atoms with Crippen molar-refractivity contribution >= 4 is 17.2 Å². The van der Waals surface area contributed by atoms with Gasteiger partial charge >= 0.3 is 0 Å². The van der Waals surface area contributed by atoms with E-state index in [4.69, 9.17) is 9.72 Å². The van der Waals surface area contributed by atoms with Gasteiger partial charge in [0.05, 0.1) is 23.1 Å². The highest BCUT2D eigenvalue weighted by Crippen LogP contribution is 2.32. The van der Waals surface area contributed by atoms with E-state index in [0.29, 0.717) is 6.54 Å². The quantitative estimate of drug-likeness (QED) is 0.501. The van der Waals surface area contributed by atoms with E-state index in [9.17, 15) is 4.79 Å². The predicted octanol–water partition coefficient (Wildman–Crippen LogP) is 5.30. The zero-order chi connectivity index (χ0) is 20.9. The molecule has 1 aromatic carbocycles. The molecule has 4 rings (SSSR count). The fraction of sp³-hybridized carbons (Fsp3) is 0.417. The molecule has 0 aliphatic carbocycles. The molecule has 1 saturated heterocycles. The smallest absolute Gasteiger partial charge is 0.253 e. The van der Waals surface area contributed by atoms with Crippen molar-refractivity contribution in [3.63, 3.8) is 0 Å². The first-order valence-corrected chi connectivity index (χ1v) is 11.7. The summed E-state index contributed by atoms with van der Waals surface area (Å²) in [5.74, 6) is -0.00759. The molecule has 1 atom stereocenters. The molecule has 2 aromatic heterocycles. The van der Waals surface area contributed by atoms with Gasteiger partial charge in [-0.1, -0.05) is 43.7 Å². The highest BCUT2D eigenvalue weighted by atomic mass is 32.1.